The third kappa shape index (κ3) is 3.50. The van der Waals surface area contributed by atoms with Crippen LogP contribution in [-0.2, 0) is 13.0 Å². The van der Waals surface area contributed by atoms with Crippen LogP contribution in [0.1, 0.15) is 20.8 Å². The quantitative estimate of drug-likeness (QED) is 0.632. The van der Waals surface area contributed by atoms with Gasteiger partial charge in [-0.3, -0.25) is 4.79 Å². The van der Waals surface area contributed by atoms with Gasteiger partial charge in [-0.1, -0.05) is 24.3 Å². The van der Waals surface area contributed by atoms with Crippen LogP contribution >= 0.6 is 23.1 Å². The van der Waals surface area contributed by atoms with Crippen LogP contribution in [0.2, 0.25) is 0 Å². The van der Waals surface area contributed by atoms with Crippen molar-refractivity contribution in [1.82, 2.24) is 5.32 Å². The molecule has 3 aromatic rings. The number of benzene rings is 2. The average molecular weight is 382 g/mol. The van der Waals surface area contributed by atoms with E-state index in [2.05, 4.69) is 35.8 Å². The highest BCUT2D eigenvalue weighted by Crippen LogP contribution is 2.42. The van der Waals surface area contributed by atoms with Crippen LogP contribution in [0.15, 0.2) is 59.5 Å². The molecule has 26 heavy (non-hydrogen) atoms. The Hall–Kier alpha value is -2.24. The highest BCUT2D eigenvalue weighted by Gasteiger charge is 2.22. The highest BCUT2D eigenvalue weighted by molar-refractivity contribution is 7.98. The van der Waals surface area contributed by atoms with Gasteiger partial charge < -0.3 is 10.1 Å². The minimum Gasteiger partial charge on any atom is -0.488 e. The second-order valence-electron chi connectivity index (χ2n) is 6.10. The average Bonchev–Trinajstić information content (AvgIpc) is 3.13. The van der Waals surface area contributed by atoms with E-state index >= 15 is 0 Å². The van der Waals surface area contributed by atoms with Gasteiger partial charge in [0.1, 0.15) is 12.4 Å². The van der Waals surface area contributed by atoms with E-state index in [9.17, 15) is 4.79 Å². The van der Waals surface area contributed by atoms with E-state index in [4.69, 9.17) is 4.74 Å². The number of hydrogen-bond donors (Lipinski definition) is 1. The van der Waals surface area contributed by atoms with Gasteiger partial charge in [0.2, 0.25) is 0 Å². The first-order valence-corrected chi connectivity index (χ1v) is 10.5. The van der Waals surface area contributed by atoms with Crippen LogP contribution in [-0.4, -0.2) is 18.7 Å². The standard InChI is InChI=1S/C21H19NO2S2/c1-25-16-8-6-14(7-9-16)10-11-22-21(23)19-12-15-13-24-18-5-3-2-4-17(18)20(15)26-19/h2-9,12H,10-11,13H2,1H3,(H,22,23). The lowest BCUT2D eigenvalue weighted by Crippen LogP contribution is -2.24. The first-order chi connectivity index (χ1) is 12.7. The summed E-state index contributed by atoms with van der Waals surface area (Å²) in [5, 5.41) is 3.03. The number of amides is 1. The molecule has 4 rings (SSSR count). The van der Waals surface area contributed by atoms with E-state index in [1.807, 2.05) is 30.3 Å². The lowest BCUT2D eigenvalue weighted by molar-refractivity contribution is 0.0958. The number of ether oxygens (including phenoxy) is 1. The number of nitrogens with one attached hydrogen (secondary N) is 1. The van der Waals surface area contributed by atoms with Crippen molar-refractivity contribution < 1.29 is 9.53 Å². The fourth-order valence-corrected chi connectivity index (χ4v) is 4.53. The minimum absolute atomic E-state index is 0.0115. The molecule has 0 bridgehead atoms. The summed E-state index contributed by atoms with van der Waals surface area (Å²) >= 11 is 3.28. The van der Waals surface area contributed by atoms with Crippen LogP contribution in [0.3, 0.4) is 0 Å². The zero-order chi connectivity index (χ0) is 17.9. The van der Waals surface area contributed by atoms with Gasteiger partial charge in [0.05, 0.1) is 4.88 Å². The van der Waals surface area contributed by atoms with Crippen LogP contribution in [0.4, 0.5) is 0 Å². The number of carbonyl (C=O) groups excluding carboxylic acids is 1. The molecule has 1 aliphatic rings. The molecule has 0 spiro atoms. The molecule has 0 fully saturated rings. The third-order valence-electron chi connectivity index (χ3n) is 4.41. The van der Waals surface area contributed by atoms with E-state index in [0.29, 0.717) is 13.2 Å². The number of thiophene rings is 1. The molecule has 0 unspecified atom stereocenters. The van der Waals surface area contributed by atoms with Crippen LogP contribution in [0.5, 0.6) is 5.75 Å². The van der Waals surface area contributed by atoms with E-state index in [0.717, 1.165) is 33.1 Å². The Labute approximate surface area is 161 Å². The van der Waals surface area contributed by atoms with Crippen molar-refractivity contribution in [3.05, 3.63) is 70.6 Å². The molecule has 0 saturated heterocycles. The molecule has 5 heteroatoms. The van der Waals surface area contributed by atoms with E-state index in [-0.39, 0.29) is 5.91 Å². The molecule has 1 N–H and O–H groups in total. The van der Waals surface area contributed by atoms with Crippen LogP contribution < -0.4 is 10.1 Å². The summed E-state index contributed by atoms with van der Waals surface area (Å²) in [5.74, 6) is 0.880. The minimum atomic E-state index is -0.0115. The fourth-order valence-electron chi connectivity index (χ4n) is 3.01. The summed E-state index contributed by atoms with van der Waals surface area (Å²) in [6.07, 6.45) is 2.90. The molecule has 0 radical (unpaired) electrons. The van der Waals surface area contributed by atoms with Gasteiger partial charge >= 0.3 is 0 Å². The van der Waals surface area contributed by atoms with E-state index in [1.54, 1.807) is 23.1 Å². The summed E-state index contributed by atoms with van der Waals surface area (Å²) in [6.45, 7) is 1.16. The van der Waals surface area contributed by atoms with Crippen molar-refractivity contribution in [2.24, 2.45) is 0 Å². The molecular weight excluding hydrogens is 362 g/mol. The number of carbonyl (C=O) groups is 1. The van der Waals surface area contributed by atoms with Crippen molar-refractivity contribution in [3.8, 4) is 16.2 Å². The molecule has 1 aromatic heterocycles. The van der Waals surface area contributed by atoms with E-state index < -0.39 is 0 Å². The summed E-state index contributed by atoms with van der Waals surface area (Å²) in [6, 6.07) is 18.4. The molecule has 1 amide bonds. The smallest absolute Gasteiger partial charge is 0.261 e. The highest BCUT2D eigenvalue weighted by atomic mass is 32.2. The normalized spacial score (nSPS) is 12.0. The molecule has 2 aromatic carbocycles. The molecule has 0 aliphatic carbocycles. The third-order valence-corrected chi connectivity index (χ3v) is 6.36. The maximum Gasteiger partial charge on any atom is 0.261 e. The van der Waals surface area contributed by atoms with Crippen molar-refractivity contribution in [2.75, 3.05) is 12.8 Å². The van der Waals surface area contributed by atoms with Gasteiger partial charge in [-0.25, -0.2) is 0 Å². The van der Waals surface area contributed by atoms with E-state index in [1.165, 1.54) is 10.5 Å². The second-order valence-corrected chi connectivity index (χ2v) is 8.04. The Kier molecular flexibility index (Phi) is 5.00. The van der Waals surface area contributed by atoms with Gasteiger partial charge in [-0.15, -0.1) is 23.1 Å². The molecular formula is C21H19NO2S2. The monoisotopic (exact) mass is 381 g/mol. The van der Waals surface area contributed by atoms with Crippen molar-refractivity contribution in [1.29, 1.82) is 0 Å². The van der Waals surface area contributed by atoms with Gasteiger partial charge in [-0.2, -0.15) is 0 Å². The molecule has 2 heterocycles. The Morgan fingerprint density at radius 3 is 2.81 bits per heavy atom. The first kappa shape index (κ1) is 17.2. The molecule has 3 nitrogen and oxygen atoms in total. The number of thioether (sulfide) groups is 1. The Morgan fingerprint density at radius 1 is 1.19 bits per heavy atom. The van der Waals surface area contributed by atoms with Crippen LogP contribution in [0, 0.1) is 0 Å². The molecule has 0 saturated carbocycles. The van der Waals surface area contributed by atoms with Gasteiger partial charge in [0.15, 0.2) is 0 Å². The van der Waals surface area contributed by atoms with Gasteiger partial charge in [0, 0.05) is 27.4 Å². The topological polar surface area (TPSA) is 38.3 Å². The predicted molar refractivity (Wildman–Crippen MR) is 108 cm³/mol. The number of hydrogen-bond acceptors (Lipinski definition) is 4. The predicted octanol–water partition coefficient (Wildman–Crippen LogP) is 5.00. The number of para-hydroxylation sites is 1. The lowest BCUT2D eigenvalue weighted by atomic mass is 10.1. The zero-order valence-corrected chi connectivity index (χ0v) is 16.1. The summed E-state index contributed by atoms with van der Waals surface area (Å²) in [7, 11) is 0. The zero-order valence-electron chi connectivity index (χ0n) is 14.5. The Balaban J connectivity index is 1.41. The lowest BCUT2D eigenvalue weighted by Gasteiger charge is -2.16. The maximum absolute atomic E-state index is 12.5. The summed E-state index contributed by atoms with van der Waals surface area (Å²) in [5.41, 5.74) is 3.40. The number of rotatable bonds is 5. The Morgan fingerprint density at radius 2 is 2.00 bits per heavy atom. The van der Waals surface area contributed by atoms with Gasteiger partial charge in [0.25, 0.3) is 5.91 Å². The largest absolute Gasteiger partial charge is 0.488 e. The maximum atomic E-state index is 12.5. The van der Waals surface area contributed by atoms with Crippen molar-refractivity contribution in [2.45, 2.75) is 17.9 Å². The van der Waals surface area contributed by atoms with Crippen LogP contribution in [0.25, 0.3) is 10.4 Å². The van der Waals surface area contributed by atoms with Gasteiger partial charge in [-0.05, 0) is 48.6 Å². The second kappa shape index (κ2) is 7.56. The SMILES string of the molecule is CSc1ccc(CCNC(=O)c2cc3c(s2)-c2ccccc2OC3)cc1. The molecule has 1 aliphatic heterocycles. The summed E-state index contributed by atoms with van der Waals surface area (Å²) < 4.78 is 5.77. The van der Waals surface area contributed by atoms with Crippen molar-refractivity contribution in [3.63, 3.8) is 0 Å². The molecule has 132 valence electrons. The first-order valence-electron chi connectivity index (χ1n) is 8.50. The Bertz CT molecular complexity index is 931. The number of fused-ring (bicyclic) bond motifs is 3. The fraction of sp³-hybridized carbons (Fsp3) is 0.190. The summed E-state index contributed by atoms with van der Waals surface area (Å²) in [4.78, 5) is 15.7. The van der Waals surface area contributed by atoms with Crippen molar-refractivity contribution >= 4 is 29.0 Å². The molecule has 0 atom stereocenters.